The maximum atomic E-state index is 12.8. The first-order valence-corrected chi connectivity index (χ1v) is 8.91. The lowest BCUT2D eigenvalue weighted by atomic mass is 10.1. The topological polar surface area (TPSA) is 46.6 Å². The molecule has 0 radical (unpaired) electrons. The van der Waals surface area contributed by atoms with Crippen molar-refractivity contribution < 1.29 is 14.3 Å². The van der Waals surface area contributed by atoms with Crippen LogP contribution < -0.4 is 0 Å². The van der Waals surface area contributed by atoms with Crippen molar-refractivity contribution in [1.29, 1.82) is 0 Å². The van der Waals surface area contributed by atoms with Gasteiger partial charge in [-0.1, -0.05) is 47.1 Å². The monoisotopic (exact) mass is 333 g/mol. The summed E-state index contributed by atoms with van der Waals surface area (Å²) in [5.41, 5.74) is 0.979. The maximum Gasteiger partial charge on any atom is 0.338 e. The first kappa shape index (κ1) is 20.2. The Balaban J connectivity index is 2.88. The third-order valence-electron chi connectivity index (χ3n) is 3.53. The molecule has 1 amide bonds. The average Bonchev–Trinajstić information content (AvgIpc) is 2.53. The first-order chi connectivity index (χ1) is 11.3. The molecule has 4 heteroatoms. The molecule has 0 aliphatic rings. The van der Waals surface area contributed by atoms with Gasteiger partial charge in [0.05, 0.1) is 12.2 Å². The summed E-state index contributed by atoms with van der Waals surface area (Å²) in [6, 6.07) is 6.84. The molecule has 0 N–H and O–H groups in total. The minimum absolute atomic E-state index is 0.0272. The van der Waals surface area contributed by atoms with E-state index in [1.807, 2.05) is 11.8 Å². The van der Waals surface area contributed by atoms with Crippen LogP contribution in [-0.2, 0) is 4.74 Å². The fraction of sp³-hybridized carbons (Fsp3) is 0.600. The molecule has 1 aromatic carbocycles. The number of hydrogen-bond donors (Lipinski definition) is 0. The van der Waals surface area contributed by atoms with Crippen molar-refractivity contribution in [3.05, 3.63) is 35.4 Å². The summed E-state index contributed by atoms with van der Waals surface area (Å²) >= 11 is 0. The highest BCUT2D eigenvalue weighted by molar-refractivity contribution is 5.98. The lowest BCUT2D eigenvalue weighted by Crippen LogP contribution is -2.37. The zero-order valence-corrected chi connectivity index (χ0v) is 15.7. The van der Waals surface area contributed by atoms with E-state index in [1.54, 1.807) is 24.3 Å². The van der Waals surface area contributed by atoms with Crippen LogP contribution in [0.3, 0.4) is 0 Å². The quantitative estimate of drug-likeness (QED) is 0.497. The highest BCUT2D eigenvalue weighted by Crippen LogP contribution is 2.13. The number of amides is 1. The molecule has 24 heavy (non-hydrogen) atoms. The van der Waals surface area contributed by atoms with Crippen LogP contribution in [0.4, 0.5) is 0 Å². The number of rotatable bonds is 9. The Morgan fingerprint density at radius 2 is 1.62 bits per heavy atom. The number of ether oxygens (including phenoxy) is 1. The predicted octanol–water partition coefficient (Wildman–Crippen LogP) is 4.40. The SMILES string of the molecule is CCCCOC(=O)c1cccc(C(=O)N(CC(C)C)CC(C)C)c1. The summed E-state index contributed by atoms with van der Waals surface area (Å²) in [5, 5.41) is 0. The van der Waals surface area contributed by atoms with Gasteiger partial charge in [0.1, 0.15) is 0 Å². The summed E-state index contributed by atoms with van der Waals surface area (Å²) < 4.78 is 5.23. The summed E-state index contributed by atoms with van der Waals surface area (Å²) in [7, 11) is 0. The van der Waals surface area contributed by atoms with E-state index in [0.29, 0.717) is 42.7 Å². The van der Waals surface area contributed by atoms with E-state index in [-0.39, 0.29) is 11.9 Å². The van der Waals surface area contributed by atoms with Crippen LogP contribution in [0.15, 0.2) is 24.3 Å². The third kappa shape index (κ3) is 6.73. The fourth-order valence-electron chi connectivity index (χ4n) is 2.48. The molecule has 0 aliphatic carbocycles. The number of carbonyl (C=O) groups excluding carboxylic acids is 2. The number of benzene rings is 1. The smallest absolute Gasteiger partial charge is 0.338 e. The zero-order chi connectivity index (χ0) is 18.1. The summed E-state index contributed by atoms with van der Waals surface area (Å²) in [6.45, 7) is 12.3. The first-order valence-electron chi connectivity index (χ1n) is 8.91. The number of unbranched alkanes of at least 4 members (excludes halogenated alkanes) is 1. The van der Waals surface area contributed by atoms with Crippen LogP contribution in [-0.4, -0.2) is 36.5 Å². The van der Waals surface area contributed by atoms with E-state index < -0.39 is 0 Å². The molecule has 0 aliphatic heterocycles. The van der Waals surface area contributed by atoms with Gasteiger partial charge < -0.3 is 9.64 Å². The van der Waals surface area contributed by atoms with Gasteiger partial charge in [-0.2, -0.15) is 0 Å². The van der Waals surface area contributed by atoms with Crippen molar-refractivity contribution in [3.8, 4) is 0 Å². The molecule has 0 unspecified atom stereocenters. The molecule has 0 aromatic heterocycles. The normalized spacial score (nSPS) is 11.0. The molecule has 0 bridgehead atoms. The lowest BCUT2D eigenvalue weighted by molar-refractivity contribution is 0.0499. The van der Waals surface area contributed by atoms with Gasteiger partial charge in [0.2, 0.25) is 0 Å². The Morgan fingerprint density at radius 3 is 2.17 bits per heavy atom. The van der Waals surface area contributed by atoms with E-state index in [0.717, 1.165) is 12.8 Å². The molecule has 0 spiro atoms. The van der Waals surface area contributed by atoms with Crippen molar-refractivity contribution >= 4 is 11.9 Å². The van der Waals surface area contributed by atoms with Gasteiger partial charge in [-0.25, -0.2) is 4.79 Å². The summed E-state index contributed by atoms with van der Waals surface area (Å²) in [4.78, 5) is 26.8. The molecule has 1 aromatic rings. The Labute approximate surface area is 146 Å². The number of hydrogen-bond acceptors (Lipinski definition) is 3. The largest absolute Gasteiger partial charge is 0.462 e. The molecule has 0 saturated heterocycles. The summed E-state index contributed by atoms with van der Waals surface area (Å²) in [5.74, 6) is 0.405. The van der Waals surface area contributed by atoms with Gasteiger partial charge in [-0.3, -0.25) is 4.79 Å². The Morgan fingerprint density at radius 1 is 1.04 bits per heavy atom. The van der Waals surface area contributed by atoms with Crippen LogP contribution in [0.1, 0.15) is 68.2 Å². The summed E-state index contributed by atoms with van der Waals surface area (Å²) in [6.07, 6.45) is 1.83. The molecular formula is C20H31NO3. The molecule has 0 fully saturated rings. The van der Waals surface area contributed by atoms with Crippen molar-refractivity contribution in [1.82, 2.24) is 4.90 Å². The molecular weight excluding hydrogens is 302 g/mol. The Kier molecular flexibility index (Phi) is 8.51. The number of nitrogens with zero attached hydrogens (tertiary/aromatic N) is 1. The van der Waals surface area contributed by atoms with Crippen LogP contribution in [0.2, 0.25) is 0 Å². The highest BCUT2D eigenvalue weighted by Gasteiger charge is 2.19. The minimum atomic E-state index is -0.364. The Hall–Kier alpha value is -1.84. The van der Waals surface area contributed by atoms with Gasteiger partial charge in [-0.05, 0) is 36.5 Å². The van der Waals surface area contributed by atoms with Crippen molar-refractivity contribution in [2.45, 2.75) is 47.5 Å². The maximum absolute atomic E-state index is 12.8. The van der Waals surface area contributed by atoms with Crippen molar-refractivity contribution in [2.75, 3.05) is 19.7 Å². The second kappa shape index (κ2) is 10.1. The minimum Gasteiger partial charge on any atom is -0.462 e. The molecule has 0 atom stereocenters. The van der Waals surface area contributed by atoms with Gasteiger partial charge in [0, 0.05) is 18.7 Å². The molecule has 4 nitrogen and oxygen atoms in total. The number of carbonyl (C=O) groups is 2. The second-order valence-corrected chi connectivity index (χ2v) is 7.07. The molecule has 0 saturated carbocycles. The van der Waals surface area contributed by atoms with E-state index in [9.17, 15) is 9.59 Å². The van der Waals surface area contributed by atoms with Crippen LogP contribution in [0, 0.1) is 11.8 Å². The molecule has 134 valence electrons. The highest BCUT2D eigenvalue weighted by atomic mass is 16.5. The zero-order valence-electron chi connectivity index (χ0n) is 15.7. The fourth-order valence-corrected chi connectivity index (χ4v) is 2.48. The standard InChI is InChI=1S/C20H31NO3/c1-6-7-11-24-20(23)18-10-8-9-17(12-18)19(22)21(13-15(2)3)14-16(4)5/h8-10,12,15-16H,6-7,11,13-14H2,1-5H3. The average molecular weight is 333 g/mol. The van der Waals surface area contributed by atoms with Gasteiger partial charge in [0.15, 0.2) is 0 Å². The van der Waals surface area contributed by atoms with E-state index in [2.05, 4.69) is 27.7 Å². The molecule has 0 heterocycles. The Bertz CT molecular complexity index is 527. The van der Waals surface area contributed by atoms with Crippen molar-refractivity contribution in [3.63, 3.8) is 0 Å². The van der Waals surface area contributed by atoms with Gasteiger partial charge in [0.25, 0.3) is 5.91 Å². The van der Waals surface area contributed by atoms with Crippen molar-refractivity contribution in [2.24, 2.45) is 11.8 Å². The van der Waals surface area contributed by atoms with E-state index >= 15 is 0 Å². The van der Waals surface area contributed by atoms with E-state index in [1.165, 1.54) is 0 Å². The van der Waals surface area contributed by atoms with Gasteiger partial charge in [-0.15, -0.1) is 0 Å². The van der Waals surface area contributed by atoms with Gasteiger partial charge >= 0.3 is 5.97 Å². The van der Waals surface area contributed by atoms with Crippen LogP contribution in [0.25, 0.3) is 0 Å². The lowest BCUT2D eigenvalue weighted by Gasteiger charge is -2.26. The third-order valence-corrected chi connectivity index (χ3v) is 3.53. The predicted molar refractivity (Wildman–Crippen MR) is 97.2 cm³/mol. The second-order valence-electron chi connectivity index (χ2n) is 7.07. The van der Waals surface area contributed by atoms with Crippen LogP contribution in [0.5, 0.6) is 0 Å². The van der Waals surface area contributed by atoms with Crippen LogP contribution >= 0.6 is 0 Å². The molecule has 1 rings (SSSR count). The van der Waals surface area contributed by atoms with E-state index in [4.69, 9.17) is 4.74 Å². The number of esters is 1.